The minimum absolute atomic E-state index is 0.156. The van der Waals surface area contributed by atoms with Crippen LogP contribution in [0.25, 0.3) is 5.69 Å². The van der Waals surface area contributed by atoms with Crippen molar-refractivity contribution in [3.8, 4) is 17.2 Å². The number of piperazine rings is 1. The predicted molar refractivity (Wildman–Crippen MR) is 156 cm³/mol. The highest BCUT2D eigenvalue weighted by Crippen LogP contribution is 2.32. The third-order valence-corrected chi connectivity index (χ3v) is 8.35. The summed E-state index contributed by atoms with van der Waals surface area (Å²) >= 11 is 3.18. The maximum Gasteiger partial charge on any atom is 0.223 e. The number of methoxy groups -OCH3 is 2. The number of hydrogen-bond acceptors (Lipinski definition) is 6. The Morgan fingerprint density at radius 2 is 1.82 bits per heavy atom. The number of benzene rings is 2. The van der Waals surface area contributed by atoms with Crippen LogP contribution in [0, 0.1) is 11.2 Å². The van der Waals surface area contributed by atoms with Crippen molar-refractivity contribution in [1.82, 2.24) is 24.8 Å². The third kappa shape index (κ3) is 7.20. The Hall–Kier alpha value is -2.98. The van der Waals surface area contributed by atoms with Crippen molar-refractivity contribution in [2.45, 2.75) is 65.6 Å². The molecule has 8 nitrogen and oxygen atoms in total. The van der Waals surface area contributed by atoms with Crippen LogP contribution in [0.5, 0.6) is 11.5 Å². The van der Waals surface area contributed by atoms with Gasteiger partial charge in [0.05, 0.1) is 36.3 Å². The van der Waals surface area contributed by atoms with Crippen molar-refractivity contribution in [3.05, 3.63) is 64.1 Å². The monoisotopic (exact) mass is 615 g/mol. The summed E-state index contributed by atoms with van der Waals surface area (Å²) in [6.07, 6.45) is 4.01. The fourth-order valence-electron chi connectivity index (χ4n) is 5.32. The van der Waals surface area contributed by atoms with Gasteiger partial charge in [-0.3, -0.25) is 9.69 Å². The number of aromatic nitrogens is 3. The summed E-state index contributed by atoms with van der Waals surface area (Å²) in [5, 5.41) is 8.51. The lowest BCUT2D eigenvalue weighted by molar-refractivity contribution is -0.138. The Bertz CT molecular complexity index is 1320. The summed E-state index contributed by atoms with van der Waals surface area (Å²) < 4.78 is 26.8. The topological polar surface area (TPSA) is 72.7 Å². The first-order valence-electron chi connectivity index (χ1n) is 13.6. The Morgan fingerprint density at radius 3 is 2.48 bits per heavy atom. The van der Waals surface area contributed by atoms with Gasteiger partial charge in [0.1, 0.15) is 17.3 Å². The number of hydrogen-bond donors (Lipinski definition) is 0. The van der Waals surface area contributed by atoms with Crippen molar-refractivity contribution in [3.63, 3.8) is 0 Å². The highest BCUT2D eigenvalue weighted by Gasteiger charge is 2.34. The van der Waals surface area contributed by atoms with Gasteiger partial charge < -0.3 is 14.4 Å². The molecular formula is C30H39BrFN5O3. The number of carbonyl (C=O) groups excluding carboxylic acids is 1. The predicted octanol–water partition coefficient (Wildman–Crippen LogP) is 5.66. The van der Waals surface area contributed by atoms with E-state index in [0.29, 0.717) is 36.2 Å². The molecule has 0 saturated carbocycles. The Balaban J connectivity index is 1.32. The summed E-state index contributed by atoms with van der Waals surface area (Å²) in [5.74, 6) is 1.42. The van der Waals surface area contributed by atoms with Crippen LogP contribution in [0.15, 0.2) is 47.1 Å². The fourth-order valence-corrected chi connectivity index (χ4v) is 5.57. The largest absolute Gasteiger partial charge is 0.497 e. The van der Waals surface area contributed by atoms with E-state index >= 15 is 0 Å². The van der Waals surface area contributed by atoms with Crippen LogP contribution in [-0.4, -0.2) is 70.1 Å². The van der Waals surface area contributed by atoms with Crippen molar-refractivity contribution < 1.29 is 18.7 Å². The molecule has 0 unspecified atom stereocenters. The van der Waals surface area contributed by atoms with Crippen LogP contribution < -0.4 is 9.47 Å². The van der Waals surface area contributed by atoms with Gasteiger partial charge in [-0.1, -0.05) is 25.1 Å². The van der Waals surface area contributed by atoms with Crippen LogP contribution >= 0.6 is 15.9 Å². The zero-order valence-corrected chi connectivity index (χ0v) is 25.7. The molecule has 2 heterocycles. The van der Waals surface area contributed by atoms with E-state index < -0.39 is 0 Å². The van der Waals surface area contributed by atoms with Crippen molar-refractivity contribution >= 4 is 21.8 Å². The summed E-state index contributed by atoms with van der Waals surface area (Å²) in [4.78, 5) is 17.8. The van der Waals surface area contributed by atoms with Crippen LogP contribution in [0.4, 0.5) is 4.39 Å². The summed E-state index contributed by atoms with van der Waals surface area (Å²) in [6.45, 7) is 10.5. The lowest BCUT2D eigenvalue weighted by Gasteiger charge is -2.44. The van der Waals surface area contributed by atoms with Gasteiger partial charge in [0, 0.05) is 50.3 Å². The second-order valence-corrected chi connectivity index (χ2v) is 12.3. The second-order valence-electron chi connectivity index (χ2n) is 11.4. The molecule has 1 fully saturated rings. The average molecular weight is 617 g/mol. The van der Waals surface area contributed by atoms with Gasteiger partial charge in [-0.15, -0.1) is 5.10 Å². The van der Waals surface area contributed by atoms with Crippen LogP contribution in [-0.2, 0) is 17.8 Å². The van der Waals surface area contributed by atoms with Crippen molar-refractivity contribution in [1.29, 1.82) is 0 Å². The number of carbonyl (C=O) groups is 1. The third-order valence-electron chi connectivity index (χ3n) is 7.70. The summed E-state index contributed by atoms with van der Waals surface area (Å²) in [6, 6.07) is 11.1. The fraction of sp³-hybridized carbons (Fsp3) is 0.500. The van der Waals surface area contributed by atoms with Crippen LogP contribution in [0.3, 0.4) is 0 Å². The average Bonchev–Trinajstić information content (AvgIpc) is 3.39. The molecule has 1 aliphatic heterocycles. The number of aryl methyl sites for hydroxylation is 1. The minimum Gasteiger partial charge on any atom is -0.497 e. The molecule has 216 valence electrons. The van der Waals surface area contributed by atoms with Gasteiger partial charge in [-0.2, -0.15) is 0 Å². The van der Waals surface area contributed by atoms with E-state index in [1.54, 1.807) is 31.0 Å². The zero-order chi connectivity index (χ0) is 29.0. The standard InChI is InChI=1S/C30H39BrFN5O3/c1-20-16-35(29(38)15-30(3,4)12-11-22-7-9-25(39-5)14-28(22)40-6)17-21(2)36(20)18-23-19-37(34-33-23)24-8-10-26(31)27(32)13-24/h7-10,13-14,19-21H,11-12,15-18H2,1-6H3/t20-,21+. The molecule has 3 aromatic rings. The number of rotatable bonds is 10. The molecule has 1 aromatic heterocycles. The number of ether oxygens (including phenoxy) is 2. The molecule has 10 heteroatoms. The molecule has 0 radical (unpaired) electrons. The van der Waals surface area contributed by atoms with E-state index in [1.165, 1.54) is 6.07 Å². The Morgan fingerprint density at radius 1 is 1.10 bits per heavy atom. The first kappa shape index (κ1) is 30.0. The maximum absolute atomic E-state index is 14.0. The second kappa shape index (κ2) is 12.7. The molecule has 0 N–H and O–H groups in total. The molecule has 2 aromatic carbocycles. The Kier molecular flexibility index (Phi) is 9.51. The SMILES string of the molecule is COc1ccc(CCC(C)(C)CC(=O)N2C[C@@H](C)N(Cc3cn(-c4ccc(Br)c(F)c4)nn3)[C@@H](C)C2)c(OC)c1. The van der Waals surface area contributed by atoms with E-state index in [0.717, 1.165) is 35.6 Å². The quantitative estimate of drug-likeness (QED) is 0.293. The summed E-state index contributed by atoms with van der Waals surface area (Å²) in [7, 11) is 3.31. The molecule has 1 saturated heterocycles. The lowest BCUT2D eigenvalue weighted by atomic mass is 9.82. The molecule has 0 aliphatic carbocycles. The van der Waals surface area contributed by atoms with E-state index in [2.05, 4.69) is 58.8 Å². The van der Waals surface area contributed by atoms with E-state index in [4.69, 9.17) is 9.47 Å². The number of nitrogens with zero attached hydrogens (tertiary/aromatic N) is 5. The molecule has 2 atom stereocenters. The van der Waals surface area contributed by atoms with E-state index in [-0.39, 0.29) is 29.2 Å². The molecule has 1 amide bonds. The highest BCUT2D eigenvalue weighted by atomic mass is 79.9. The van der Waals surface area contributed by atoms with Gasteiger partial charge in [0.25, 0.3) is 0 Å². The number of halogens is 2. The van der Waals surface area contributed by atoms with Gasteiger partial charge in [-0.25, -0.2) is 9.07 Å². The highest BCUT2D eigenvalue weighted by molar-refractivity contribution is 9.10. The number of amides is 1. The van der Waals surface area contributed by atoms with E-state index in [9.17, 15) is 9.18 Å². The maximum atomic E-state index is 14.0. The summed E-state index contributed by atoms with van der Waals surface area (Å²) in [5.41, 5.74) is 2.37. The normalized spacial score (nSPS) is 18.1. The molecule has 0 spiro atoms. The first-order valence-corrected chi connectivity index (χ1v) is 14.4. The van der Waals surface area contributed by atoms with E-state index in [1.807, 2.05) is 29.3 Å². The van der Waals surface area contributed by atoms with Gasteiger partial charge in [0.15, 0.2) is 0 Å². The van der Waals surface area contributed by atoms with Gasteiger partial charge in [-0.05, 0) is 71.8 Å². The van der Waals surface area contributed by atoms with Crippen LogP contribution in [0.1, 0.15) is 51.8 Å². The molecule has 0 bridgehead atoms. The minimum atomic E-state index is -0.346. The van der Waals surface area contributed by atoms with Crippen molar-refractivity contribution in [2.24, 2.45) is 5.41 Å². The van der Waals surface area contributed by atoms with Crippen LogP contribution in [0.2, 0.25) is 0 Å². The zero-order valence-electron chi connectivity index (χ0n) is 24.2. The molecule has 40 heavy (non-hydrogen) atoms. The lowest BCUT2D eigenvalue weighted by Crippen LogP contribution is -2.57. The van der Waals surface area contributed by atoms with Crippen molar-refractivity contribution in [2.75, 3.05) is 27.3 Å². The Labute approximate surface area is 244 Å². The molecule has 1 aliphatic rings. The smallest absolute Gasteiger partial charge is 0.223 e. The van der Waals surface area contributed by atoms with Gasteiger partial charge >= 0.3 is 0 Å². The first-order chi connectivity index (χ1) is 19.0. The molecule has 4 rings (SSSR count). The van der Waals surface area contributed by atoms with Gasteiger partial charge in [0.2, 0.25) is 5.91 Å². The molecular weight excluding hydrogens is 577 g/mol.